The number of halogens is 1. The SMILES string of the molecule is O=C(NCc1ccc(Cl)cc1)C1CCCN1C(=O)CCN1CCCCC1. The third-order valence-electron chi connectivity index (χ3n) is 5.35. The number of piperidine rings is 1. The summed E-state index contributed by atoms with van der Waals surface area (Å²) in [6.45, 7) is 4.16. The van der Waals surface area contributed by atoms with Gasteiger partial charge in [0.25, 0.3) is 0 Å². The van der Waals surface area contributed by atoms with Gasteiger partial charge in [-0.25, -0.2) is 0 Å². The van der Waals surface area contributed by atoms with Crippen LogP contribution in [0.25, 0.3) is 0 Å². The summed E-state index contributed by atoms with van der Waals surface area (Å²) >= 11 is 5.88. The van der Waals surface area contributed by atoms with Crippen LogP contribution in [0.4, 0.5) is 0 Å². The summed E-state index contributed by atoms with van der Waals surface area (Å²) in [5, 5.41) is 3.65. The monoisotopic (exact) mass is 377 g/mol. The summed E-state index contributed by atoms with van der Waals surface area (Å²) in [5.41, 5.74) is 1.00. The molecule has 1 N–H and O–H groups in total. The van der Waals surface area contributed by atoms with Gasteiger partial charge in [-0.15, -0.1) is 0 Å². The number of hydrogen-bond donors (Lipinski definition) is 1. The van der Waals surface area contributed by atoms with Gasteiger partial charge in [-0.2, -0.15) is 0 Å². The smallest absolute Gasteiger partial charge is 0.243 e. The van der Waals surface area contributed by atoms with E-state index >= 15 is 0 Å². The zero-order valence-corrected chi connectivity index (χ0v) is 16.0. The van der Waals surface area contributed by atoms with E-state index in [4.69, 9.17) is 11.6 Å². The molecule has 6 heteroatoms. The Labute approximate surface area is 160 Å². The maximum Gasteiger partial charge on any atom is 0.243 e. The summed E-state index contributed by atoms with van der Waals surface area (Å²) < 4.78 is 0. The fourth-order valence-electron chi connectivity index (χ4n) is 3.83. The average Bonchev–Trinajstić information content (AvgIpc) is 3.16. The van der Waals surface area contributed by atoms with Gasteiger partial charge >= 0.3 is 0 Å². The second-order valence-electron chi connectivity index (χ2n) is 7.24. The highest BCUT2D eigenvalue weighted by Crippen LogP contribution is 2.19. The minimum atomic E-state index is -0.323. The first-order valence-electron chi connectivity index (χ1n) is 9.67. The standard InChI is InChI=1S/C20H28ClN3O2/c21-17-8-6-16(7-9-17)15-22-20(26)18-5-4-13-24(18)19(25)10-14-23-11-2-1-3-12-23/h6-9,18H,1-5,10-15H2,(H,22,26). The molecule has 1 unspecified atom stereocenters. The molecule has 2 heterocycles. The van der Waals surface area contributed by atoms with Crippen molar-refractivity contribution in [2.45, 2.75) is 51.1 Å². The van der Waals surface area contributed by atoms with Crippen molar-refractivity contribution >= 4 is 23.4 Å². The molecule has 1 aromatic carbocycles. The number of nitrogens with one attached hydrogen (secondary N) is 1. The predicted octanol–water partition coefficient (Wildman–Crippen LogP) is 2.82. The molecule has 1 atom stereocenters. The molecule has 0 spiro atoms. The van der Waals surface area contributed by atoms with Crippen molar-refractivity contribution in [1.82, 2.24) is 15.1 Å². The van der Waals surface area contributed by atoms with Crippen molar-refractivity contribution in [3.8, 4) is 0 Å². The van der Waals surface area contributed by atoms with E-state index in [2.05, 4.69) is 10.2 Å². The largest absolute Gasteiger partial charge is 0.350 e. The van der Waals surface area contributed by atoms with Gasteiger partial charge in [-0.1, -0.05) is 30.2 Å². The number of hydrogen-bond acceptors (Lipinski definition) is 3. The molecule has 2 fully saturated rings. The van der Waals surface area contributed by atoms with E-state index in [0.717, 1.165) is 38.0 Å². The molecule has 2 amide bonds. The number of rotatable bonds is 6. The number of carbonyl (C=O) groups excluding carboxylic acids is 2. The van der Waals surface area contributed by atoms with Crippen LogP contribution in [0, 0.1) is 0 Å². The Kier molecular flexibility index (Phi) is 6.92. The predicted molar refractivity (Wildman–Crippen MR) is 103 cm³/mol. The lowest BCUT2D eigenvalue weighted by Gasteiger charge is -2.28. The molecule has 1 aromatic rings. The summed E-state index contributed by atoms with van der Waals surface area (Å²) in [6, 6.07) is 7.11. The van der Waals surface area contributed by atoms with Crippen LogP contribution in [0.2, 0.25) is 5.02 Å². The maximum atomic E-state index is 12.6. The Hall–Kier alpha value is -1.59. The number of nitrogens with zero attached hydrogens (tertiary/aromatic N) is 2. The van der Waals surface area contributed by atoms with Crippen LogP contribution < -0.4 is 5.32 Å². The van der Waals surface area contributed by atoms with Gasteiger partial charge in [0.15, 0.2) is 0 Å². The molecule has 0 aliphatic carbocycles. The molecule has 0 aromatic heterocycles. The van der Waals surface area contributed by atoms with Gasteiger partial charge < -0.3 is 15.1 Å². The lowest BCUT2D eigenvalue weighted by molar-refractivity contribution is -0.138. The van der Waals surface area contributed by atoms with E-state index in [-0.39, 0.29) is 17.9 Å². The number of likely N-dealkylation sites (tertiary alicyclic amines) is 2. The highest BCUT2D eigenvalue weighted by atomic mass is 35.5. The minimum absolute atomic E-state index is 0.0521. The van der Waals surface area contributed by atoms with Crippen molar-refractivity contribution in [1.29, 1.82) is 0 Å². The number of carbonyl (C=O) groups is 2. The molecule has 2 aliphatic heterocycles. The average molecular weight is 378 g/mol. The lowest BCUT2D eigenvalue weighted by atomic mass is 10.1. The van der Waals surface area contributed by atoms with Crippen molar-refractivity contribution < 1.29 is 9.59 Å². The maximum absolute atomic E-state index is 12.6. The second kappa shape index (κ2) is 9.38. The van der Waals surface area contributed by atoms with Crippen molar-refractivity contribution in [2.24, 2.45) is 0 Å². The third-order valence-corrected chi connectivity index (χ3v) is 5.60. The quantitative estimate of drug-likeness (QED) is 0.829. The molecular weight excluding hydrogens is 350 g/mol. The molecule has 0 bridgehead atoms. The van der Waals surface area contributed by atoms with Crippen LogP contribution in [0.15, 0.2) is 24.3 Å². The Morgan fingerprint density at radius 1 is 1.04 bits per heavy atom. The Balaban J connectivity index is 1.47. The first kappa shape index (κ1) is 19.2. The Morgan fingerprint density at radius 2 is 1.77 bits per heavy atom. The minimum Gasteiger partial charge on any atom is -0.350 e. The Morgan fingerprint density at radius 3 is 2.50 bits per heavy atom. The van der Waals surface area contributed by atoms with E-state index in [9.17, 15) is 9.59 Å². The topological polar surface area (TPSA) is 52.7 Å². The fraction of sp³-hybridized carbons (Fsp3) is 0.600. The highest BCUT2D eigenvalue weighted by Gasteiger charge is 2.33. The van der Waals surface area contributed by atoms with Crippen LogP contribution >= 0.6 is 11.6 Å². The molecule has 5 nitrogen and oxygen atoms in total. The van der Waals surface area contributed by atoms with E-state index in [1.165, 1.54) is 19.3 Å². The van der Waals surface area contributed by atoms with Gasteiger partial charge in [0.05, 0.1) is 0 Å². The van der Waals surface area contributed by atoms with Crippen molar-refractivity contribution in [2.75, 3.05) is 26.2 Å². The van der Waals surface area contributed by atoms with Crippen molar-refractivity contribution in [3.05, 3.63) is 34.9 Å². The van der Waals surface area contributed by atoms with Crippen LogP contribution in [0.3, 0.4) is 0 Å². The summed E-state index contributed by atoms with van der Waals surface area (Å²) in [5.74, 6) is 0.0588. The molecular formula is C20H28ClN3O2. The zero-order chi connectivity index (χ0) is 18.4. The number of benzene rings is 1. The molecule has 26 heavy (non-hydrogen) atoms. The van der Waals surface area contributed by atoms with Gasteiger partial charge in [0, 0.05) is 31.1 Å². The van der Waals surface area contributed by atoms with E-state index in [0.29, 0.717) is 24.5 Å². The Bertz CT molecular complexity index is 614. The summed E-state index contributed by atoms with van der Waals surface area (Å²) in [6.07, 6.45) is 5.92. The highest BCUT2D eigenvalue weighted by molar-refractivity contribution is 6.30. The first-order chi connectivity index (χ1) is 12.6. The molecule has 142 valence electrons. The van der Waals surface area contributed by atoms with Crippen LogP contribution in [-0.2, 0) is 16.1 Å². The molecule has 0 radical (unpaired) electrons. The molecule has 2 saturated heterocycles. The lowest BCUT2D eigenvalue weighted by Crippen LogP contribution is -2.46. The molecule has 2 aliphatic rings. The van der Waals surface area contributed by atoms with Crippen LogP contribution in [0.5, 0.6) is 0 Å². The van der Waals surface area contributed by atoms with E-state index < -0.39 is 0 Å². The van der Waals surface area contributed by atoms with E-state index in [1.807, 2.05) is 24.3 Å². The van der Waals surface area contributed by atoms with Crippen LogP contribution in [0.1, 0.15) is 44.1 Å². The number of amides is 2. The van der Waals surface area contributed by atoms with Gasteiger partial charge in [-0.3, -0.25) is 9.59 Å². The normalized spacial score (nSPS) is 21.0. The van der Waals surface area contributed by atoms with Gasteiger partial charge in [0.1, 0.15) is 6.04 Å². The van der Waals surface area contributed by atoms with Crippen LogP contribution in [-0.4, -0.2) is 53.8 Å². The van der Waals surface area contributed by atoms with Gasteiger partial charge in [0.2, 0.25) is 11.8 Å². The summed E-state index contributed by atoms with van der Waals surface area (Å²) in [4.78, 5) is 29.3. The van der Waals surface area contributed by atoms with Crippen molar-refractivity contribution in [3.63, 3.8) is 0 Å². The van der Waals surface area contributed by atoms with Gasteiger partial charge in [-0.05, 0) is 56.5 Å². The molecule has 3 rings (SSSR count). The van der Waals surface area contributed by atoms with E-state index in [1.54, 1.807) is 4.90 Å². The zero-order valence-electron chi connectivity index (χ0n) is 15.3. The fourth-order valence-corrected chi connectivity index (χ4v) is 3.95. The first-order valence-corrected chi connectivity index (χ1v) is 10.1. The second-order valence-corrected chi connectivity index (χ2v) is 7.68. The summed E-state index contributed by atoms with van der Waals surface area (Å²) in [7, 11) is 0. The molecule has 0 saturated carbocycles. The third kappa shape index (κ3) is 5.21.